The van der Waals surface area contributed by atoms with Gasteiger partial charge in [0.2, 0.25) is 0 Å². The van der Waals surface area contributed by atoms with Gasteiger partial charge in [0.05, 0.1) is 18.7 Å². The van der Waals surface area contributed by atoms with Crippen molar-refractivity contribution < 1.29 is 23.8 Å². The van der Waals surface area contributed by atoms with Crippen molar-refractivity contribution in [3.63, 3.8) is 0 Å². The van der Waals surface area contributed by atoms with E-state index in [0.717, 1.165) is 11.1 Å². The van der Waals surface area contributed by atoms with Crippen LogP contribution in [0.4, 0.5) is 10.1 Å². The molecule has 1 fully saturated rings. The standard InChI is InChI=1S/C26H22FNO4/c1-15-7-6-8-18(13-15)28-23(19-9-4-5-10-20(19)27)22(25(30)26(28)31)24(29)17-11-12-21(32-3)16(2)14-17/h4-14,23,29H,1-3H3/b24-22+. The molecule has 1 atom stereocenters. The number of anilines is 1. The lowest BCUT2D eigenvalue weighted by Gasteiger charge is -2.26. The molecule has 0 bridgehead atoms. The number of hydrogen-bond donors (Lipinski definition) is 1. The van der Waals surface area contributed by atoms with Crippen LogP contribution in [0.3, 0.4) is 0 Å². The number of halogens is 1. The van der Waals surface area contributed by atoms with Gasteiger partial charge in [-0.25, -0.2) is 4.39 Å². The quantitative estimate of drug-likeness (QED) is 0.356. The van der Waals surface area contributed by atoms with Crippen LogP contribution in [0.5, 0.6) is 5.75 Å². The zero-order chi connectivity index (χ0) is 23.0. The summed E-state index contributed by atoms with van der Waals surface area (Å²) in [6.45, 7) is 3.66. The van der Waals surface area contributed by atoms with Crippen molar-refractivity contribution in [3.8, 4) is 5.75 Å². The molecule has 32 heavy (non-hydrogen) atoms. The van der Waals surface area contributed by atoms with E-state index < -0.39 is 23.5 Å². The normalized spacial score (nSPS) is 17.6. The summed E-state index contributed by atoms with van der Waals surface area (Å²) in [5, 5.41) is 11.2. The van der Waals surface area contributed by atoms with Gasteiger partial charge in [-0.3, -0.25) is 14.5 Å². The van der Waals surface area contributed by atoms with Crippen molar-refractivity contribution >= 4 is 23.1 Å². The maximum absolute atomic E-state index is 14.9. The first-order valence-corrected chi connectivity index (χ1v) is 10.1. The lowest BCUT2D eigenvalue weighted by molar-refractivity contribution is -0.132. The number of ketones is 1. The van der Waals surface area contributed by atoms with Gasteiger partial charge in [-0.1, -0.05) is 30.3 Å². The van der Waals surface area contributed by atoms with Crippen LogP contribution in [0, 0.1) is 19.7 Å². The maximum atomic E-state index is 14.9. The number of ether oxygens (including phenoxy) is 1. The molecule has 3 aromatic carbocycles. The van der Waals surface area contributed by atoms with Gasteiger partial charge in [-0.2, -0.15) is 0 Å². The molecule has 5 nitrogen and oxygen atoms in total. The summed E-state index contributed by atoms with van der Waals surface area (Å²) in [7, 11) is 1.54. The molecule has 0 aliphatic carbocycles. The van der Waals surface area contributed by atoms with Gasteiger partial charge in [-0.05, 0) is 61.4 Å². The minimum Gasteiger partial charge on any atom is -0.507 e. The third-order valence-corrected chi connectivity index (χ3v) is 5.59. The van der Waals surface area contributed by atoms with Crippen molar-refractivity contribution in [2.45, 2.75) is 19.9 Å². The highest BCUT2D eigenvalue weighted by Gasteiger charge is 2.47. The Morgan fingerprint density at radius 1 is 1.00 bits per heavy atom. The number of aliphatic hydroxyl groups excluding tert-OH is 1. The van der Waals surface area contributed by atoms with Gasteiger partial charge in [0.15, 0.2) is 0 Å². The third kappa shape index (κ3) is 3.54. The van der Waals surface area contributed by atoms with Crippen LogP contribution < -0.4 is 9.64 Å². The third-order valence-electron chi connectivity index (χ3n) is 5.59. The molecule has 0 aromatic heterocycles. The predicted octanol–water partition coefficient (Wildman–Crippen LogP) is 5.08. The van der Waals surface area contributed by atoms with Crippen molar-refractivity contribution in [1.82, 2.24) is 0 Å². The van der Waals surface area contributed by atoms with E-state index in [1.54, 1.807) is 49.4 Å². The van der Waals surface area contributed by atoms with E-state index in [-0.39, 0.29) is 16.9 Å². The van der Waals surface area contributed by atoms with Crippen LogP contribution in [0.1, 0.15) is 28.3 Å². The fourth-order valence-corrected chi connectivity index (χ4v) is 4.05. The highest BCUT2D eigenvalue weighted by atomic mass is 19.1. The maximum Gasteiger partial charge on any atom is 0.300 e. The van der Waals surface area contributed by atoms with Gasteiger partial charge < -0.3 is 9.84 Å². The minimum absolute atomic E-state index is 0.125. The molecule has 0 spiro atoms. The number of carbonyl (C=O) groups excluding carboxylic acids is 2. The van der Waals surface area contributed by atoms with Crippen LogP contribution >= 0.6 is 0 Å². The molecule has 1 aliphatic rings. The van der Waals surface area contributed by atoms with Crippen LogP contribution in [0.2, 0.25) is 0 Å². The number of aryl methyl sites for hydroxylation is 2. The number of hydrogen-bond acceptors (Lipinski definition) is 4. The molecule has 1 amide bonds. The average molecular weight is 431 g/mol. The Kier molecular flexibility index (Phi) is 5.53. The molecule has 6 heteroatoms. The topological polar surface area (TPSA) is 66.8 Å². The zero-order valence-corrected chi connectivity index (χ0v) is 17.9. The molecular formula is C26H22FNO4. The second kappa shape index (κ2) is 8.30. The van der Waals surface area contributed by atoms with E-state index in [4.69, 9.17) is 4.74 Å². The first-order valence-electron chi connectivity index (χ1n) is 10.1. The molecule has 1 N–H and O–H groups in total. The van der Waals surface area contributed by atoms with Crippen LogP contribution in [0.15, 0.2) is 72.3 Å². The first-order chi connectivity index (χ1) is 15.3. The summed E-state index contributed by atoms with van der Waals surface area (Å²) < 4.78 is 20.2. The van der Waals surface area contributed by atoms with Gasteiger partial charge in [0.1, 0.15) is 17.3 Å². The van der Waals surface area contributed by atoms with E-state index >= 15 is 0 Å². The fourth-order valence-electron chi connectivity index (χ4n) is 4.05. The Morgan fingerprint density at radius 2 is 1.75 bits per heavy atom. The van der Waals surface area contributed by atoms with E-state index in [2.05, 4.69) is 0 Å². The summed E-state index contributed by atoms with van der Waals surface area (Å²) in [6.07, 6.45) is 0. The second-order valence-electron chi connectivity index (χ2n) is 7.71. The molecule has 3 aromatic rings. The van der Waals surface area contributed by atoms with Crippen molar-refractivity contribution in [3.05, 3.63) is 100 Å². The Labute approximate surface area is 185 Å². The number of aliphatic hydroxyl groups is 1. The van der Waals surface area contributed by atoms with Crippen molar-refractivity contribution in [2.75, 3.05) is 12.0 Å². The summed E-state index contributed by atoms with van der Waals surface area (Å²) in [6, 6.07) is 16.8. The lowest BCUT2D eigenvalue weighted by Crippen LogP contribution is -2.29. The highest BCUT2D eigenvalue weighted by Crippen LogP contribution is 2.43. The number of amides is 1. The minimum atomic E-state index is -1.11. The molecule has 1 heterocycles. The van der Waals surface area contributed by atoms with Crippen molar-refractivity contribution in [1.29, 1.82) is 0 Å². The van der Waals surface area contributed by atoms with Gasteiger partial charge >= 0.3 is 0 Å². The highest BCUT2D eigenvalue weighted by molar-refractivity contribution is 6.51. The number of nitrogens with zero attached hydrogens (tertiary/aromatic N) is 1. The van der Waals surface area contributed by atoms with E-state index in [9.17, 15) is 19.1 Å². The summed E-state index contributed by atoms with van der Waals surface area (Å²) in [5.74, 6) is -2.01. The van der Waals surface area contributed by atoms with Gasteiger partial charge in [-0.15, -0.1) is 0 Å². The lowest BCUT2D eigenvalue weighted by atomic mass is 9.94. The fraction of sp³-hybridized carbons (Fsp3) is 0.154. The molecule has 0 saturated carbocycles. The Bertz CT molecular complexity index is 1260. The summed E-state index contributed by atoms with van der Waals surface area (Å²) in [4.78, 5) is 27.5. The summed E-state index contributed by atoms with van der Waals surface area (Å²) in [5.41, 5.74) is 2.37. The number of Topliss-reactive ketones (excluding diaryl/α,β-unsaturated/α-hetero) is 1. The SMILES string of the molecule is COc1ccc(/C(O)=C2\C(=O)C(=O)N(c3cccc(C)c3)C2c2ccccc2F)cc1C. The molecule has 1 unspecified atom stereocenters. The molecular weight excluding hydrogens is 409 g/mol. The number of benzene rings is 3. The number of rotatable bonds is 4. The van der Waals surface area contributed by atoms with Crippen LogP contribution in [-0.2, 0) is 9.59 Å². The molecule has 1 saturated heterocycles. The number of carbonyl (C=O) groups is 2. The molecule has 4 rings (SSSR count). The van der Waals surface area contributed by atoms with E-state index in [1.807, 2.05) is 13.0 Å². The smallest absolute Gasteiger partial charge is 0.300 e. The van der Waals surface area contributed by atoms with E-state index in [0.29, 0.717) is 17.0 Å². The molecule has 1 aliphatic heterocycles. The Hall–Kier alpha value is -3.93. The van der Waals surface area contributed by atoms with Gasteiger partial charge in [0, 0.05) is 16.8 Å². The molecule has 162 valence electrons. The second-order valence-corrected chi connectivity index (χ2v) is 7.71. The number of methoxy groups -OCH3 is 1. The van der Waals surface area contributed by atoms with Crippen LogP contribution in [-0.4, -0.2) is 23.9 Å². The summed E-state index contributed by atoms with van der Waals surface area (Å²) >= 11 is 0. The monoisotopic (exact) mass is 431 g/mol. The zero-order valence-electron chi connectivity index (χ0n) is 17.9. The van der Waals surface area contributed by atoms with Crippen LogP contribution in [0.25, 0.3) is 5.76 Å². The van der Waals surface area contributed by atoms with Gasteiger partial charge in [0.25, 0.3) is 11.7 Å². The average Bonchev–Trinajstić information content (AvgIpc) is 3.04. The molecule has 0 radical (unpaired) electrons. The largest absolute Gasteiger partial charge is 0.507 e. The predicted molar refractivity (Wildman–Crippen MR) is 120 cm³/mol. The van der Waals surface area contributed by atoms with E-state index in [1.165, 1.54) is 30.2 Å². The first kappa shape index (κ1) is 21.3. The Morgan fingerprint density at radius 3 is 2.41 bits per heavy atom. The Balaban J connectivity index is 1.97. The van der Waals surface area contributed by atoms with Crippen molar-refractivity contribution in [2.24, 2.45) is 0 Å².